The first-order valence-corrected chi connectivity index (χ1v) is 18.4. The van der Waals surface area contributed by atoms with Crippen LogP contribution in [-0.2, 0) is 5.41 Å². The molecule has 0 unspecified atom stereocenters. The summed E-state index contributed by atoms with van der Waals surface area (Å²) in [5, 5.41) is 7.51. The van der Waals surface area contributed by atoms with Crippen molar-refractivity contribution in [2.24, 2.45) is 0 Å². The van der Waals surface area contributed by atoms with Gasteiger partial charge >= 0.3 is 0 Å². The minimum absolute atomic E-state index is 0.256. The fraction of sp³-hybridized carbons (Fsp3) is 0.0588. The van der Waals surface area contributed by atoms with E-state index in [1.165, 1.54) is 65.9 Å². The standard InChI is InChI=1S/C51H38N2/c1-51(2)45-27-15-16-28-47(45)53(48-31-30-37(34-46(48)51)44-33-36-18-10-11-23-40(36)42-25-13-14-26-43(42)44)50-41-24-12-9-17-35(41)29-32-49(50)52(38-19-5-3-6-20-38)39-21-7-4-8-22-39/h3-34H,1-2H3. The molecule has 53 heavy (non-hydrogen) atoms. The van der Waals surface area contributed by atoms with E-state index < -0.39 is 0 Å². The molecular weight excluding hydrogens is 641 g/mol. The maximum Gasteiger partial charge on any atom is 0.0781 e. The van der Waals surface area contributed by atoms with E-state index in [4.69, 9.17) is 0 Å². The topological polar surface area (TPSA) is 6.48 Å². The first kappa shape index (κ1) is 31.1. The maximum atomic E-state index is 2.54. The van der Waals surface area contributed by atoms with Gasteiger partial charge < -0.3 is 9.80 Å². The minimum atomic E-state index is -0.256. The summed E-state index contributed by atoms with van der Waals surface area (Å²) in [4.78, 5) is 4.94. The molecule has 1 aliphatic heterocycles. The van der Waals surface area contributed by atoms with Gasteiger partial charge in [-0.3, -0.25) is 0 Å². The lowest BCUT2D eigenvalue weighted by atomic mass is 9.72. The third kappa shape index (κ3) is 4.94. The molecule has 10 rings (SSSR count). The van der Waals surface area contributed by atoms with E-state index in [1.807, 2.05) is 0 Å². The second-order valence-corrected chi connectivity index (χ2v) is 14.6. The van der Waals surface area contributed by atoms with Crippen LogP contribution in [0.5, 0.6) is 0 Å². The zero-order valence-corrected chi connectivity index (χ0v) is 29.9. The molecule has 0 bridgehead atoms. The number of fused-ring (bicyclic) bond motifs is 6. The molecule has 0 amide bonds. The molecule has 0 N–H and O–H groups in total. The van der Waals surface area contributed by atoms with Crippen molar-refractivity contribution in [2.75, 3.05) is 9.80 Å². The Labute approximate surface area is 310 Å². The average Bonchev–Trinajstić information content (AvgIpc) is 3.22. The van der Waals surface area contributed by atoms with Crippen LogP contribution in [0, 0.1) is 0 Å². The molecule has 1 aliphatic rings. The van der Waals surface area contributed by atoms with Gasteiger partial charge in [0.2, 0.25) is 0 Å². The lowest BCUT2D eigenvalue weighted by molar-refractivity contribution is 0.632. The number of nitrogens with zero attached hydrogens (tertiary/aromatic N) is 2. The van der Waals surface area contributed by atoms with Gasteiger partial charge in [0.05, 0.1) is 22.7 Å². The lowest BCUT2D eigenvalue weighted by Gasteiger charge is -2.44. The van der Waals surface area contributed by atoms with Crippen molar-refractivity contribution in [3.63, 3.8) is 0 Å². The van der Waals surface area contributed by atoms with E-state index >= 15 is 0 Å². The molecule has 1 heterocycles. The highest BCUT2D eigenvalue weighted by atomic mass is 15.2. The maximum absolute atomic E-state index is 2.54. The minimum Gasteiger partial charge on any atom is -0.308 e. The summed E-state index contributed by atoms with van der Waals surface area (Å²) in [7, 11) is 0. The van der Waals surface area contributed by atoms with Crippen molar-refractivity contribution in [1.29, 1.82) is 0 Å². The molecule has 9 aromatic carbocycles. The summed E-state index contributed by atoms with van der Waals surface area (Å²) in [5.41, 5.74) is 11.7. The number of hydrogen-bond donors (Lipinski definition) is 0. The van der Waals surface area contributed by atoms with Crippen molar-refractivity contribution in [3.05, 3.63) is 205 Å². The van der Waals surface area contributed by atoms with E-state index in [0.717, 1.165) is 22.7 Å². The highest BCUT2D eigenvalue weighted by Crippen LogP contribution is 2.57. The molecule has 0 aliphatic carbocycles. The predicted octanol–water partition coefficient (Wildman–Crippen LogP) is 14.4. The van der Waals surface area contributed by atoms with E-state index in [-0.39, 0.29) is 5.41 Å². The monoisotopic (exact) mass is 678 g/mol. The molecule has 2 nitrogen and oxygen atoms in total. The van der Waals surface area contributed by atoms with Crippen LogP contribution < -0.4 is 9.80 Å². The summed E-state index contributed by atoms with van der Waals surface area (Å²) in [5.74, 6) is 0. The third-order valence-corrected chi connectivity index (χ3v) is 11.2. The van der Waals surface area contributed by atoms with Crippen LogP contribution in [0.15, 0.2) is 194 Å². The molecular formula is C51H38N2. The number of para-hydroxylation sites is 3. The van der Waals surface area contributed by atoms with Crippen LogP contribution in [-0.4, -0.2) is 0 Å². The van der Waals surface area contributed by atoms with Gasteiger partial charge in [0.1, 0.15) is 0 Å². The van der Waals surface area contributed by atoms with Crippen LogP contribution in [0.1, 0.15) is 25.0 Å². The van der Waals surface area contributed by atoms with Crippen molar-refractivity contribution in [2.45, 2.75) is 19.3 Å². The number of hydrogen-bond acceptors (Lipinski definition) is 2. The Morgan fingerprint density at radius 3 is 1.72 bits per heavy atom. The molecule has 252 valence electrons. The highest BCUT2D eigenvalue weighted by molar-refractivity contribution is 6.14. The van der Waals surface area contributed by atoms with Crippen molar-refractivity contribution in [1.82, 2.24) is 0 Å². The fourth-order valence-corrected chi connectivity index (χ4v) is 8.65. The Balaban J connectivity index is 1.27. The Hall–Kier alpha value is -6.64. The highest BCUT2D eigenvalue weighted by Gasteiger charge is 2.39. The fourth-order valence-electron chi connectivity index (χ4n) is 8.65. The summed E-state index contributed by atoms with van der Waals surface area (Å²) >= 11 is 0. The van der Waals surface area contributed by atoms with Crippen molar-refractivity contribution < 1.29 is 0 Å². The van der Waals surface area contributed by atoms with Gasteiger partial charge in [-0.05, 0) is 104 Å². The number of benzene rings is 9. The predicted molar refractivity (Wildman–Crippen MR) is 226 cm³/mol. The molecule has 9 aromatic rings. The van der Waals surface area contributed by atoms with Gasteiger partial charge in [0, 0.05) is 22.2 Å². The molecule has 0 spiro atoms. The Morgan fingerprint density at radius 2 is 0.981 bits per heavy atom. The zero-order valence-electron chi connectivity index (χ0n) is 29.9. The zero-order chi connectivity index (χ0) is 35.5. The third-order valence-electron chi connectivity index (χ3n) is 11.2. The lowest BCUT2D eigenvalue weighted by Crippen LogP contribution is -2.31. The first-order chi connectivity index (χ1) is 26.1. The quantitative estimate of drug-likeness (QED) is 0.167. The van der Waals surface area contributed by atoms with Crippen LogP contribution in [0.3, 0.4) is 0 Å². The normalized spacial score (nSPS) is 13.2. The van der Waals surface area contributed by atoms with Crippen LogP contribution in [0.4, 0.5) is 34.1 Å². The van der Waals surface area contributed by atoms with Crippen molar-refractivity contribution >= 4 is 66.4 Å². The van der Waals surface area contributed by atoms with Gasteiger partial charge in [-0.1, -0.05) is 153 Å². The smallest absolute Gasteiger partial charge is 0.0781 e. The van der Waals surface area contributed by atoms with Crippen LogP contribution in [0.25, 0.3) is 43.4 Å². The second-order valence-electron chi connectivity index (χ2n) is 14.6. The second kappa shape index (κ2) is 12.3. The molecule has 0 radical (unpaired) electrons. The van der Waals surface area contributed by atoms with E-state index in [1.54, 1.807) is 0 Å². The molecule has 0 saturated heterocycles. The first-order valence-electron chi connectivity index (χ1n) is 18.4. The number of rotatable bonds is 5. The summed E-state index contributed by atoms with van der Waals surface area (Å²) in [6.07, 6.45) is 0. The molecule has 2 heteroatoms. The average molecular weight is 679 g/mol. The van der Waals surface area contributed by atoms with Crippen LogP contribution in [0.2, 0.25) is 0 Å². The Morgan fingerprint density at radius 1 is 0.415 bits per heavy atom. The Kier molecular flexibility index (Phi) is 7.19. The molecule has 0 fully saturated rings. The van der Waals surface area contributed by atoms with E-state index in [9.17, 15) is 0 Å². The largest absolute Gasteiger partial charge is 0.308 e. The molecule has 0 atom stereocenters. The van der Waals surface area contributed by atoms with Crippen LogP contribution >= 0.6 is 0 Å². The van der Waals surface area contributed by atoms with Crippen molar-refractivity contribution in [3.8, 4) is 11.1 Å². The summed E-state index contributed by atoms with van der Waals surface area (Å²) in [6.45, 7) is 4.77. The molecule has 0 aromatic heterocycles. The van der Waals surface area contributed by atoms with Gasteiger partial charge in [0.15, 0.2) is 0 Å². The summed E-state index contributed by atoms with van der Waals surface area (Å²) < 4.78 is 0. The van der Waals surface area contributed by atoms with E-state index in [0.29, 0.717) is 0 Å². The summed E-state index contributed by atoms with van der Waals surface area (Å²) in [6, 6.07) is 71.0. The van der Waals surface area contributed by atoms with Gasteiger partial charge in [0.25, 0.3) is 0 Å². The number of anilines is 6. The Bertz CT molecular complexity index is 2780. The van der Waals surface area contributed by atoms with Gasteiger partial charge in [-0.2, -0.15) is 0 Å². The van der Waals surface area contributed by atoms with Gasteiger partial charge in [-0.25, -0.2) is 0 Å². The van der Waals surface area contributed by atoms with E-state index in [2.05, 4.69) is 218 Å². The van der Waals surface area contributed by atoms with Gasteiger partial charge in [-0.15, -0.1) is 0 Å². The SMILES string of the molecule is CC1(C)c2ccccc2N(c2c(N(c3ccccc3)c3ccccc3)ccc3ccccc23)c2ccc(-c3cc4ccccc4c4ccccc34)cc21. The molecule has 0 saturated carbocycles.